The van der Waals surface area contributed by atoms with E-state index in [1.165, 1.54) is 38.5 Å². The molecule has 5 nitrogen and oxygen atoms in total. The molecule has 25 heavy (non-hydrogen) atoms. The summed E-state index contributed by atoms with van der Waals surface area (Å²) in [5.41, 5.74) is 0. The predicted octanol–water partition coefficient (Wildman–Crippen LogP) is 2.55. The van der Waals surface area contributed by atoms with Crippen LogP contribution in [0.5, 0.6) is 0 Å². The number of hydrogen-bond donors (Lipinski definition) is 1. The molecule has 0 aromatic rings. The van der Waals surface area contributed by atoms with Crippen LogP contribution in [-0.4, -0.2) is 60.4 Å². The summed E-state index contributed by atoms with van der Waals surface area (Å²) in [6.07, 6.45) is 12.6. The van der Waals surface area contributed by atoms with E-state index in [1.54, 1.807) is 0 Å². The van der Waals surface area contributed by atoms with Gasteiger partial charge in [-0.15, -0.1) is 0 Å². The van der Waals surface area contributed by atoms with Crippen LogP contribution in [0, 0.1) is 5.92 Å². The third kappa shape index (κ3) is 5.70. The third-order valence-corrected chi connectivity index (χ3v) is 6.26. The second-order valence-electron chi connectivity index (χ2n) is 8.15. The lowest BCUT2D eigenvalue weighted by molar-refractivity contribution is -0.138. The highest BCUT2D eigenvalue weighted by Gasteiger charge is 2.28. The number of amides is 2. The topological polar surface area (TPSA) is 52.7 Å². The fourth-order valence-electron chi connectivity index (χ4n) is 4.61. The number of nitrogens with one attached hydrogen (secondary N) is 1. The van der Waals surface area contributed by atoms with Gasteiger partial charge in [0.2, 0.25) is 11.8 Å². The molecule has 3 aliphatic rings. The molecular formula is C20H35N3O2. The van der Waals surface area contributed by atoms with E-state index in [-0.39, 0.29) is 11.8 Å². The summed E-state index contributed by atoms with van der Waals surface area (Å²) in [5.74, 6) is 0.864. The van der Waals surface area contributed by atoms with Crippen LogP contribution in [0.3, 0.4) is 0 Å². The maximum absolute atomic E-state index is 12.6. The molecule has 2 saturated carbocycles. The van der Waals surface area contributed by atoms with E-state index in [0.717, 1.165) is 58.4 Å². The molecule has 2 amide bonds. The van der Waals surface area contributed by atoms with E-state index in [1.807, 2.05) is 0 Å². The molecule has 3 rings (SSSR count). The van der Waals surface area contributed by atoms with E-state index < -0.39 is 0 Å². The van der Waals surface area contributed by atoms with Gasteiger partial charge in [-0.1, -0.05) is 38.5 Å². The Morgan fingerprint density at radius 1 is 0.800 bits per heavy atom. The highest BCUT2D eigenvalue weighted by molar-refractivity contribution is 5.79. The van der Waals surface area contributed by atoms with Crippen molar-refractivity contribution in [3.05, 3.63) is 0 Å². The summed E-state index contributed by atoms with van der Waals surface area (Å²) in [7, 11) is 0. The lowest BCUT2D eigenvalue weighted by Crippen LogP contribution is -2.51. The minimum absolute atomic E-state index is 0.201. The Kier molecular flexibility index (Phi) is 7.14. The molecule has 0 atom stereocenters. The quantitative estimate of drug-likeness (QED) is 0.830. The van der Waals surface area contributed by atoms with Crippen LogP contribution in [0.4, 0.5) is 0 Å². The lowest BCUT2D eigenvalue weighted by atomic mass is 9.88. The van der Waals surface area contributed by atoms with Crippen molar-refractivity contribution in [2.75, 3.05) is 32.7 Å². The molecule has 2 aliphatic carbocycles. The molecule has 1 saturated heterocycles. The van der Waals surface area contributed by atoms with Crippen molar-refractivity contribution in [2.24, 2.45) is 5.92 Å². The summed E-state index contributed by atoms with van der Waals surface area (Å²) in [5, 5.41) is 3.20. The van der Waals surface area contributed by atoms with Crippen LogP contribution >= 0.6 is 0 Å². The Morgan fingerprint density at radius 2 is 1.40 bits per heavy atom. The molecule has 1 aliphatic heterocycles. The first-order valence-electron chi connectivity index (χ1n) is 10.5. The van der Waals surface area contributed by atoms with Crippen LogP contribution in [0.1, 0.15) is 70.6 Å². The summed E-state index contributed by atoms with van der Waals surface area (Å²) in [4.78, 5) is 29.1. The molecule has 3 fully saturated rings. The number of carbonyl (C=O) groups excluding carboxylic acids is 2. The van der Waals surface area contributed by atoms with Crippen LogP contribution in [0.25, 0.3) is 0 Å². The Bertz CT molecular complexity index is 434. The lowest BCUT2D eigenvalue weighted by Gasteiger charge is -2.37. The zero-order valence-corrected chi connectivity index (χ0v) is 15.7. The van der Waals surface area contributed by atoms with Gasteiger partial charge < -0.3 is 10.2 Å². The number of piperazine rings is 1. The standard InChI is InChI=1S/C20H35N3O2/c24-19(21-18-9-5-2-6-10-18)11-12-22-13-15-23(16-14-22)20(25)17-7-3-1-4-8-17/h17-18H,1-16H2,(H,21,24). The largest absolute Gasteiger partial charge is 0.353 e. The van der Waals surface area contributed by atoms with Crippen LogP contribution in [0.2, 0.25) is 0 Å². The van der Waals surface area contributed by atoms with Crippen LogP contribution in [-0.2, 0) is 9.59 Å². The maximum Gasteiger partial charge on any atom is 0.225 e. The van der Waals surface area contributed by atoms with Gasteiger partial charge in [-0.2, -0.15) is 0 Å². The van der Waals surface area contributed by atoms with Gasteiger partial charge in [-0.05, 0) is 25.7 Å². The molecule has 0 radical (unpaired) electrons. The summed E-state index contributed by atoms with van der Waals surface area (Å²) >= 11 is 0. The minimum Gasteiger partial charge on any atom is -0.353 e. The summed E-state index contributed by atoms with van der Waals surface area (Å²) < 4.78 is 0. The minimum atomic E-state index is 0.201. The van der Waals surface area contributed by atoms with Gasteiger partial charge >= 0.3 is 0 Å². The van der Waals surface area contributed by atoms with Crippen LogP contribution in [0.15, 0.2) is 0 Å². The van der Waals surface area contributed by atoms with Crippen molar-refractivity contribution >= 4 is 11.8 Å². The first-order chi connectivity index (χ1) is 12.2. The van der Waals surface area contributed by atoms with Gasteiger partial charge in [0.05, 0.1) is 0 Å². The van der Waals surface area contributed by atoms with Gasteiger partial charge in [0.25, 0.3) is 0 Å². The average Bonchev–Trinajstić information content (AvgIpc) is 2.68. The Morgan fingerprint density at radius 3 is 2.04 bits per heavy atom. The first-order valence-corrected chi connectivity index (χ1v) is 10.5. The second-order valence-corrected chi connectivity index (χ2v) is 8.15. The zero-order valence-electron chi connectivity index (χ0n) is 15.7. The molecule has 0 aromatic carbocycles. The molecule has 0 bridgehead atoms. The Hall–Kier alpha value is -1.10. The highest BCUT2D eigenvalue weighted by Crippen LogP contribution is 2.25. The normalized spacial score (nSPS) is 24.2. The summed E-state index contributed by atoms with van der Waals surface area (Å²) in [6, 6.07) is 0.409. The van der Waals surface area contributed by atoms with E-state index in [9.17, 15) is 9.59 Å². The Balaban J connectivity index is 1.32. The van der Waals surface area contributed by atoms with E-state index in [0.29, 0.717) is 18.4 Å². The van der Waals surface area contributed by atoms with Crippen molar-refractivity contribution in [1.29, 1.82) is 0 Å². The van der Waals surface area contributed by atoms with Crippen molar-refractivity contribution in [3.8, 4) is 0 Å². The molecule has 142 valence electrons. The molecular weight excluding hydrogens is 314 g/mol. The number of nitrogens with zero attached hydrogens (tertiary/aromatic N) is 2. The van der Waals surface area contributed by atoms with E-state index in [4.69, 9.17) is 0 Å². The number of carbonyl (C=O) groups is 2. The average molecular weight is 350 g/mol. The van der Waals surface area contributed by atoms with Gasteiger partial charge in [-0.3, -0.25) is 14.5 Å². The fraction of sp³-hybridized carbons (Fsp3) is 0.900. The third-order valence-electron chi connectivity index (χ3n) is 6.26. The molecule has 1 N–H and O–H groups in total. The van der Waals surface area contributed by atoms with Gasteiger partial charge in [0.1, 0.15) is 0 Å². The van der Waals surface area contributed by atoms with Crippen LogP contribution < -0.4 is 5.32 Å². The maximum atomic E-state index is 12.6. The van der Waals surface area contributed by atoms with E-state index >= 15 is 0 Å². The predicted molar refractivity (Wildman–Crippen MR) is 99.2 cm³/mol. The SMILES string of the molecule is O=C(CCN1CCN(C(=O)C2CCCCC2)CC1)NC1CCCCC1. The molecule has 1 heterocycles. The van der Waals surface area contributed by atoms with Crippen molar-refractivity contribution < 1.29 is 9.59 Å². The highest BCUT2D eigenvalue weighted by atomic mass is 16.2. The first kappa shape index (κ1) is 18.7. The second kappa shape index (κ2) is 9.56. The monoisotopic (exact) mass is 349 g/mol. The smallest absolute Gasteiger partial charge is 0.225 e. The van der Waals surface area contributed by atoms with Crippen molar-refractivity contribution in [3.63, 3.8) is 0 Å². The molecule has 0 aromatic heterocycles. The van der Waals surface area contributed by atoms with Gasteiger partial charge in [-0.25, -0.2) is 0 Å². The molecule has 5 heteroatoms. The Labute approximate surface area is 152 Å². The van der Waals surface area contributed by atoms with E-state index in [2.05, 4.69) is 15.1 Å². The molecule has 0 unspecified atom stereocenters. The molecule has 0 spiro atoms. The summed E-state index contributed by atoms with van der Waals surface area (Å²) in [6.45, 7) is 4.31. The van der Waals surface area contributed by atoms with Crippen molar-refractivity contribution in [1.82, 2.24) is 15.1 Å². The van der Waals surface area contributed by atoms with Gasteiger partial charge in [0, 0.05) is 51.1 Å². The number of rotatable bonds is 5. The zero-order chi connectivity index (χ0) is 17.5. The van der Waals surface area contributed by atoms with Gasteiger partial charge in [0.15, 0.2) is 0 Å². The fourth-order valence-corrected chi connectivity index (χ4v) is 4.61. The van der Waals surface area contributed by atoms with Crippen molar-refractivity contribution in [2.45, 2.75) is 76.7 Å². The number of hydrogen-bond acceptors (Lipinski definition) is 3.